The third kappa shape index (κ3) is 3.75. The molecule has 0 bridgehead atoms. The van der Waals surface area contributed by atoms with Crippen molar-refractivity contribution >= 4 is 21.7 Å². The van der Waals surface area contributed by atoms with Gasteiger partial charge in [0.1, 0.15) is 16.0 Å². The van der Waals surface area contributed by atoms with Gasteiger partial charge >= 0.3 is 0 Å². The van der Waals surface area contributed by atoms with E-state index in [1.165, 1.54) is 0 Å². The summed E-state index contributed by atoms with van der Waals surface area (Å²) >= 11 is 3.42. The van der Waals surface area contributed by atoms with E-state index in [1.54, 1.807) is 26.4 Å². The number of ether oxygens (including phenoxy) is 2. The Labute approximate surface area is 133 Å². The van der Waals surface area contributed by atoms with E-state index in [0.29, 0.717) is 28.1 Å². The molecule has 0 radical (unpaired) electrons. The quantitative estimate of drug-likeness (QED) is 0.818. The highest BCUT2D eigenvalue weighted by Gasteiger charge is 2.22. The van der Waals surface area contributed by atoms with Crippen LogP contribution in [-0.4, -0.2) is 50.6 Å². The van der Waals surface area contributed by atoms with Crippen LogP contribution >= 0.6 is 15.9 Å². The fourth-order valence-electron chi connectivity index (χ4n) is 2.51. The number of carbonyl (C=O) groups excluding carboxylic acids is 1. The maximum atomic E-state index is 12.5. The number of carbonyl (C=O) groups is 1. The lowest BCUT2D eigenvalue weighted by atomic mass is 10.0. The van der Waals surface area contributed by atoms with Crippen molar-refractivity contribution in [1.29, 1.82) is 0 Å². The third-order valence-corrected chi connectivity index (χ3v) is 4.54. The van der Waals surface area contributed by atoms with Crippen LogP contribution in [0.25, 0.3) is 0 Å². The fraction of sp³-hybridized carbons (Fsp3) is 0.533. The van der Waals surface area contributed by atoms with Gasteiger partial charge in [-0.1, -0.05) is 0 Å². The number of halogens is 1. The van der Waals surface area contributed by atoms with Crippen LogP contribution < -0.4 is 15.2 Å². The predicted molar refractivity (Wildman–Crippen MR) is 85.2 cm³/mol. The summed E-state index contributed by atoms with van der Waals surface area (Å²) in [6.45, 7) is 2.13. The Morgan fingerprint density at radius 2 is 2.00 bits per heavy atom. The van der Waals surface area contributed by atoms with E-state index in [-0.39, 0.29) is 11.8 Å². The largest absolute Gasteiger partial charge is 0.495 e. The van der Waals surface area contributed by atoms with Crippen LogP contribution in [0, 0.1) is 0 Å². The molecule has 21 heavy (non-hydrogen) atoms. The Bertz CT molecular complexity index is 514. The Kier molecular flexibility index (Phi) is 5.61. The molecule has 2 N–H and O–H groups in total. The minimum absolute atomic E-state index is 0.0469. The lowest BCUT2D eigenvalue weighted by molar-refractivity contribution is 0.0906. The molecule has 1 heterocycles. The number of hydrogen-bond donors (Lipinski definition) is 1. The average molecular weight is 357 g/mol. The molecule has 0 unspecified atom stereocenters. The molecule has 2 rings (SSSR count). The van der Waals surface area contributed by atoms with E-state index >= 15 is 0 Å². The monoisotopic (exact) mass is 356 g/mol. The smallest absolute Gasteiger partial charge is 0.180 e. The normalized spacial score (nSPS) is 16.8. The molecular weight excluding hydrogens is 336 g/mol. The number of Topliss-reactive ketones (excluding diaryl/α,β-unsaturated/α-hetero) is 1. The van der Waals surface area contributed by atoms with Gasteiger partial charge in [0.15, 0.2) is 5.78 Å². The molecule has 1 aromatic rings. The van der Waals surface area contributed by atoms with E-state index in [9.17, 15) is 4.79 Å². The van der Waals surface area contributed by atoms with Crippen LogP contribution in [0.3, 0.4) is 0 Å². The molecule has 1 aliphatic heterocycles. The van der Waals surface area contributed by atoms with E-state index < -0.39 is 0 Å². The van der Waals surface area contributed by atoms with Crippen molar-refractivity contribution in [1.82, 2.24) is 4.90 Å². The average Bonchev–Trinajstić information content (AvgIpc) is 2.49. The zero-order valence-electron chi connectivity index (χ0n) is 12.4. The second-order valence-corrected chi connectivity index (χ2v) is 5.99. The van der Waals surface area contributed by atoms with Crippen LogP contribution in [0.2, 0.25) is 0 Å². The van der Waals surface area contributed by atoms with Crippen LogP contribution in [0.4, 0.5) is 0 Å². The lowest BCUT2D eigenvalue weighted by Crippen LogP contribution is -2.41. The van der Waals surface area contributed by atoms with E-state index in [4.69, 9.17) is 15.2 Å². The topological polar surface area (TPSA) is 64.8 Å². The molecular formula is C15H21BrN2O3. The molecule has 6 heteroatoms. The van der Waals surface area contributed by atoms with Gasteiger partial charge in [0, 0.05) is 19.1 Å². The zero-order valence-corrected chi connectivity index (χ0v) is 14.0. The van der Waals surface area contributed by atoms with Crippen LogP contribution in [0.15, 0.2) is 16.6 Å². The minimum atomic E-state index is 0.0469. The maximum absolute atomic E-state index is 12.5. The summed E-state index contributed by atoms with van der Waals surface area (Å²) in [4.78, 5) is 14.7. The van der Waals surface area contributed by atoms with Gasteiger partial charge in [-0.15, -0.1) is 0 Å². The summed E-state index contributed by atoms with van der Waals surface area (Å²) in [7, 11) is 3.13. The van der Waals surface area contributed by atoms with Gasteiger partial charge in [-0.25, -0.2) is 0 Å². The van der Waals surface area contributed by atoms with Crippen molar-refractivity contribution in [3.63, 3.8) is 0 Å². The molecule has 0 aromatic heterocycles. The summed E-state index contributed by atoms with van der Waals surface area (Å²) in [5, 5.41) is 0. The SMILES string of the molecule is COc1ccc(C(=O)CN2CCC(N)CC2)c(OC)c1Br. The van der Waals surface area contributed by atoms with E-state index in [0.717, 1.165) is 25.9 Å². The fourth-order valence-corrected chi connectivity index (χ4v) is 3.18. The van der Waals surface area contributed by atoms with Crippen molar-refractivity contribution in [2.75, 3.05) is 33.9 Å². The van der Waals surface area contributed by atoms with Gasteiger partial charge in [0.05, 0.1) is 26.3 Å². The molecule has 0 saturated carbocycles. The van der Waals surface area contributed by atoms with E-state index in [1.807, 2.05) is 0 Å². The first kappa shape index (κ1) is 16.3. The van der Waals surface area contributed by atoms with Crippen molar-refractivity contribution in [2.24, 2.45) is 5.73 Å². The minimum Gasteiger partial charge on any atom is -0.495 e. The Morgan fingerprint density at radius 3 is 2.57 bits per heavy atom. The van der Waals surface area contributed by atoms with Gasteiger partial charge < -0.3 is 15.2 Å². The molecule has 1 saturated heterocycles. The number of likely N-dealkylation sites (tertiary alicyclic amines) is 1. The van der Waals surface area contributed by atoms with Crippen molar-refractivity contribution in [3.8, 4) is 11.5 Å². The van der Waals surface area contributed by atoms with Gasteiger partial charge in [-0.2, -0.15) is 0 Å². The molecule has 116 valence electrons. The van der Waals surface area contributed by atoms with E-state index in [2.05, 4.69) is 20.8 Å². The molecule has 1 aromatic carbocycles. The number of nitrogens with zero attached hydrogens (tertiary/aromatic N) is 1. The van der Waals surface area contributed by atoms with Gasteiger partial charge in [0.2, 0.25) is 0 Å². The Morgan fingerprint density at radius 1 is 1.33 bits per heavy atom. The summed E-state index contributed by atoms with van der Waals surface area (Å²) in [5.74, 6) is 1.21. The summed E-state index contributed by atoms with van der Waals surface area (Å²) in [5.41, 5.74) is 6.45. The van der Waals surface area contributed by atoms with Crippen LogP contribution in [0.5, 0.6) is 11.5 Å². The third-order valence-electron chi connectivity index (χ3n) is 3.79. The summed E-state index contributed by atoms with van der Waals surface area (Å²) < 4.78 is 11.2. The van der Waals surface area contributed by atoms with Crippen LogP contribution in [0.1, 0.15) is 23.2 Å². The van der Waals surface area contributed by atoms with Crippen molar-refractivity contribution in [2.45, 2.75) is 18.9 Å². The first-order chi connectivity index (χ1) is 10.1. The number of nitrogens with two attached hydrogens (primary N) is 1. The highest BCUT2D eigenvalue weighted by Crippen LogP contribution is 2.37. The zero-order chi connectivity index (χ0) is 15.4. The molecule has 1 fully saturated rings. The Hall–Kier alpha value is -1.11. The van der Waals surface area contributed by atoms with Crippen molar-refractivity contribution in [3.05, 3.63) is 22.2 Å². The number of benzene rings is 1. The van der Waals surface area contributed by atoms with Crippen molar-refractivity contribution < 1.29 is 14.3 Å². The summed E-state index contributed by atoms with van der Waals surface area (Å²) in [6.07, 6.45) is 1.88. The highest BCUT2D eigenvalue weighted by atomic mass is 79.9. The first-order valence-electron chi connectivity index (χ1n) is 6.98. The molecule has 0 spiro atoms. The molecule has 0 amide bonds. The maximum Gasteiger partial charge on any atom is 0.180 e. The van der Waals surface area contributed by atoms with Gasteiger partial charge in [-0.3, -0.25) is 9.69 Å². The Balaban J connectivity index is 2.13. The number of piperidine rings is 1. The number of rotatable bonds is 5. The second-order valence-electron chi connectivity index (χ2n) is 5.20. The number of methoxy groups -OCH3 is 2. The van der Waals surface area contributed by atoms with Gasteiger partial charge in [-0.05, 0) is 40.9 Å². The second kappa shape index (κ2) is 7.24. The lowest BCUT2D eigenvalue weighted by Gasteiger charge is -2.29. The number of hydrogen-bond acceptors (Lipinski definition) is 5. The molecule has 1 aliphatic rings. The predicted octanol–water partition coefficient (Wildman–Crippen LogP) is 2.07. The van der Waals surface area contributed by atoms with Crippen LogP contribution in [-0.2, 0) is 0 Å². The standard InChI is InChI=1S/C15H21BrN2O3/c1-20-13-4-3-11(15(21-2)14(13)16)12(19)9-18-7-5-10(17)6-8-18/h3-4,10H,5-9,17H2,1-2H3. The molecule has 5 nitrogen and oxygen atoms in total. The summed E-state index contributed by atoms with van der Waals surface area (Å²) in [6, 6.07) is 3.79. The first-order valence-corrected chi connectivity index (χ1v) is 7.77. The molecule has 0 aliphatic carbocycles. The van der Waals surface area contributed by atoms with Gasteiger partial charge in [0.25, 0.3) is 0 Å². The highest BCUT2D eigenvalue weighted by molar-refractivity contribution is 9.10. The number of ketones is 1. The molecule has 0 atom stereocenters.